The van der Waals surface area contributed by atoms with E-state index >= 15 is 4.39 Å². The molecule has 1 aromatic heterocycles. The zero-order valence-electron chi connectivity index (χ0n) is 24.3. The molecule has 1 fully saturated rings. The van der Waals surface area contributed by atoms with Gasteiger partial charge in [0.2, 0.25) is 11.3 Å². The predicted molar refractivity (Wildman–Crippen MR) is 161 cm³/mol. The van der Waals surface area contributed by atoms with Crippen LogP contribution in [0.2, 0.25) is 0 Å². The first kappa shape index (κ1) is 31.8. The molecule has 0 radical (unpaired) electrons. The molecule has 44 heavy (non-hydrogen) atoms. The van der Waals surface area contributed by atoms with Crippen molar-refractivity contribution in [3.05, 3.63) is 69.8 Å². The van der Waals surface area contributed by atoms with Gasteiger partial charge in [0.15, 0.2) is 0 Å². The van der Waals surface area contributed by atoms with E-state index in [-0.39, 0.29) is 23.6 Å². The van der Waals surface area contributed by atoms with Crippen molar-refractivity contribution in [1.82, 2.24) is 14.8 Å². The van der Waals surface area contributed by atoms with Crippen molar-refractivity contribution in [3.8, 4) is 0 Å². The number of piperazine rings is 1. The van der Waals surface area contributed by atoms with Crippen molar-refractivity contribution < 1.29 is 33.4 Å². The highest BCUT2D eigenvalue weighted by molar-refractivity contribution is 5.93. The number of benzene rings is 2. The van der Waals surface area contributed by atoms with E-state index < -0.39 is 34.9 Å². The molecule has 3 aromatic rings. The van der Waals surface area contributed by atoms with Crippen molar-refractivity contribution in [2.75, 3.05) is 42.9 Å². The van der Waals surface area contributed by atoms with Crippen LogP contribution in [-0.2, 0) is 22.7 Å². The molecule has 2 heterocycles. The van der Waals surface area contributed by atoms with E-state index in [9.17, 15) is 29.1 Å². The third-order valence-corrected chi connectivity index (χ3v) is 7.33. The van der Waals surface area contributed by atoms with E-state index in [2.05, 4.69) is 10.6 Å². The van der Waals surface area contributed by atoms with Crippen LogP contribution in [0.25, 0.3) is 10.9 Å². The molecule has 0 unspecified atom stereocenters. The highest BCUT2D eigenvalue weighted by Crippen LogP contribution is 2.26. The highest BCUT2D eigenvalue weighted by Gasteiger charge is 2.25. The number of carboxylic acids is 1. The summed E-state index contributed by atoms with van der Waals surface area (Å²) in [5, 5.41) is 14.6. The van der Waals surface area contributed by atoms with Gasteiger partial charge in [0.25, 0.3) is 0 Å². The number of aryl methyl sites for hydroxylation is 1. The number of ether oxygens (including phenoxy) is 1. The summed E-state index contributed by atoms with van der Waals surface area (Å²) in [7, 11) is 0. The summed E-state index contributed by atoms with van der Waals surface area (Å²) in [6.07, 6.45) is 2.29. The lowest BCUT2D eigenvalue weighted by molar-refractivity contribution is -0.116. The Morgan fingerprint density at radius 3 is 2.39 bits per heavy atom. The van der Waals surface area contributed by atoms with Crippen molar-refractivity contribution in [2.45, 2.75) is 39.3 Å². The van der Waals surface area contributed by atoms with E-state index in [4.69, 9.17) is 10.5 Å². The number of pyridine rings is 1. The van der Waals surface area contributed by atoms with Gasteiger partial charge in [0, 0.05) is 63.0 Å². The number of unbranched alkanes of at least 4 members (excludes halogenated alkanes) is 1. The van der Waals surface area contributed by atoms with Gasteiger partial charge < -0.3 is 40.6 Å². The fourth-order valence-electron chi connectivity index (χ4n) is 4.95. The molecule has 4 amide bonds. The van der Waals surface area contributed by atoms with Gasteiger partial charge >= 0.3 is 18.1 Å². The number of nitrogens with two attached hydrogens (primary N) is 1. The summed E-state index contributed by atoms with van der Waals surface area (Å²) in [5.41, 5.74) is 5.88. The van der Waals surface area contributed by atoms with E-state index in [1.807, 2.05) is 0 Å². The number of carbonyl (C=O) groups excluding carboxylic acids is 3. The second-order valence-electron chi connectivity index (χ2n) is 10.3. The molecule has 1 aliphatic heterocycles. The molecule has 0 aliphatic carbocycles. The minimum Gasteiger partial charge on any atom is -0.477 e. The topological polar surface area (TPSA) is 176 Å². The molecule has 13 nitrogen and oxygen atoms in total. The molecule has 1 saturated heterocycles. The minimum atomic E-state index is -1.37. The van der Waals surface area contributed by atoms with Crippen LogP contribution >= 0.6 is 0 Å². The van der Waals surface area contributed by atoms with Gasteiger partial charge in [0.1, 0.15) is 18.0 Å². The average Bonchev–Trinajstić information content (AvgIpc) is 3.00. The van der Waals surface area contributed by atoms with Crippen LogP contribution in [0.3, 0.4) is 0 Å². The SMILES string of the molecule is CCn1cc(C(=O)O)c(=O)c2cc(F)c(N3CCN(C(=O)OCc4ccc(NC(=O)CCCCNC(N)=O)cc4)CC3)cc21. The third kappa shape index (κ3) is 7.82. The quantitative estimate of drug-likeness (QED) is 0.239. The lowest BCUT2D eigenvalue weighted by Crippen LogP contribution is -2.49. The largest absolute Gasteiger partial charge is 0.477 e. The van der Waals surface area contributed by atoms with Gasteiger partial charge in [-0.25, -0.2) is 18.8 Å². The molecule has 234 valence electrons. The maximum Gasteiger partial charge on any atom is 0.410 e. The smallest absolute Gasteiger partial charge is 0.410 e. The number of carboxylic acid groups (broad SMARTS) is 1. The van der Waals surface area contributed by atoms with Gasteiger partial charge in [-0.2, -0.15) is 0 Å². The molecule has 0 atom stereocenters. The summed E-state index contributed by atoms with van der Waals surface area (Å²) < 4.78 is 22.2. The Hall–Kier alpha value is -5.14. The number of hydrogen-bond donors (Lipinski definition) is 4. The number of halogens is 1. The Kier molecular flexibility index (Phi) is 10.4. The summed E-state index contributed by atoms with van der Waals surface area (Å²) >= 11 is 0. The van der Waals surface area contributed by atoms with Crippen molar-refractivity contribution in [2.24, 2.45) is 5.73 Å². The second kappa shape index (κ2) is 14.4. The first-order valence-electron chi connectivity index (χ1n) is 14.3. The van der Waals surface area contributed by atoms with Gasteiger partial charge in [-0.05, 0) is 49.6 Å². The molecule has 1 aliphatic rings. The number of aromatic nitrogens is 1. The molecule has 0 saturated carbocycles. The van der Waals surface area contributed by atoms with E-state index in [1.165, 1.54) is 11.1 Å². The average molecular weight is 611 g/mol. The number of urea groups is 1. The minimum absolute atomic E-state index is 0.00268. The van der Waals surface area contributed by atoms with Crippen LogP contribution in [0, 0.1) is 5.82 Å². The van der Waals surface area contributed by atoms with Gasteiger partial charge in [-0.15, -0.1) is 0 Å². The Morgan fingerprint density at radius 1 is 1.05 bits per heavy atom. The van der Waals surface area contributed by atoms with Crippen LogP contribution < -0.4 is 26.7 Å². The number of hydrogen-bond acceptors (Lipinski definition) is 7. The van der Waals surface area contributed by atoms with Crippen LogP contribution in [0.1, 0.15) is 42.1 Å². The highest BCUT2D eigenvalue weighted by atomic mass is 19.1. The number of amides is 4. The van der Waals surface area contributed by atoms with Crippen molar-refractivity contribution >= 4 is 46.3 Å². The molecular formula is C30H35FN6O7. The maximum absolute atomic E-state index is 15.1. The zero-order valence-corrected chi connectivity index (χ0v) is 24.3. The molecule has 0 bridgehead atoms. The first-order valence-corrected chi connectivity index (χ1v) is 14.3. The number of nitrogens with one attached hydrogen (secondary N) is 2. The first-order chi connectivity index (χ1) is 21.1. The predicted octanol–water partition coefficient (Wildman–Crippen LogP) is 3.09. The number of anilines is 2. The van der Waals surface area contributed by atoms with Crippen LogP contribution in [0.15, 0.2) is 47.4 Å². The summed E-state index contributed by atoms with van der Waals surface area (Å²) in [6, 6.07) is 8.95. The Morgan fingerprint density at radius 2 is 1.75 bits per heavy atom. The fourth-order valence-corrected chi connectivity index (χ4v) is 4.95. The molecular weight excluding hydrogens is 575 g/mol. The monoisotopic (exact) mass is 610 g/mol. The Balaban J connectivity index is 1.27. The molecule has 14 heteroatoms. The number of carbonyl (C=O) groups is 4. The molecule has 4 rings (SSSR count). The standard InChI is InChI=1S/C30H35FN6O7/c1-2-35-17-22(28(40)41)27(39)21-15-23(31)25(16-24(21)35)36-11-13-37(14-12-36)30(43)44-18-19-6-8-20(9-7-19)34-26(38)5-3-4-10-33-29(32)42/h6-9,15-17H,2-5,10-14,18H2,1H3,(H,34,38)(H,40,41)(H3,32,33,42). The Bertz CT molecular complexity index is 1600. The van der Waals surface area contributed by atoms with Gasteiger partial charge in [-0.3, -0.25) is 9.59 Å². The molecule has 5 N–H and O–H groups in total. The van der Waals surface area contributed by atoms with Crippen LogP contribution in [-0.4, -0.2) is 71.3 Å². The molecule has 0 spiro atoms. The van der Waals surface area contributed by atoms with Crippen LogP contribution in [0.5, 0.6) is 0 Å². The number of fused-ring (bicyclic) bond motifs is 1. The van der Waals surface area contributed by atoms with E-state index in [1.54, 1.807) is 46.7 Å². The van der Waals surface area contributed by atoms with Crippen LogP contribution in [0.4, 0.5) is 25.4 Å². The Labute approximate surface area is 252 Å². The number of aromatic carboxylic acids is 1. The lowest BCUT2D eigenvalue weighted by atomic mass is 10.1. The summed E-state index contributed by atoms with van der Waals surface area (Å²) in [4.78, 5) is 62.8. The van der Waals surface area contributed by atoms with Crippen molar-refractivity contribution in [3.63, 3.8) is 0 Å². The molecule has 2 aromatic carbocycles. The summed E-state index contributed by atoms with van der Waals surface area (Å²) in [6.45, 7) is 3.87. The normalized spacial score (nSPS) is 13.0. The number of nitrogens with zero attached hydrogens (tertiary/aromatic N) is 3. The number of primary amides is 1. The fraction of sp³-hybridized carbons (Fsp3) is 0.367. The third-order valence-electron chi connectivity index (χ3n) is 7.33. The van der Waals surface area contributed by atoms with Crippen molar-refractivity contribution in [1.29, 1.82) is 0 Å². The maximum atomic E-state index is 15.1. The summed E-state index contributed by atoms with van der Waals surface area (Å²) in [5.74, 6) is -2.17. The second-order valence-corrected chi connectivity index (χ2v) is 10.3. The van der Waals surface area contributed by atoms with Gasteiger partial charge in [-0.1, -0.05) is 12.1 Å². The van der Waals surface area contributed by atoms with Gasteiger partial charge in [0.05, 0.1) is 11.2 Å². The van der Waals surface area contributed by atoms with E-state index in [0.717, 1.165) is 11.6 Å². The lowest BCUT2D eigenvalue weighted by Gasteiger charge is -2.35. The zero-order chi connectivity index (χ0) is 31.8. The van der Waals surface area contributed by atoms with E-state index in [0.29, 0.717) is 69.7 Å². The number of rotatable bonds is 11.